The van der Waals surface area contributed by atoms with Crippen LogP contribution in [-0.2, 0) is 11.3 Å². The second-order valence-electron chi connectivity index (χ2n) is 5.89. The second-order valence-corrected chi connectivity index (χ2v) is 6.54. The molecule has 21 heavy (non-hydrogen) atoms. The fraction of sp³-hybridized carbons (Fsp3) is 0.733. The highest BCUT2D eigenvalue weighted by Crippen LogP contribution is 2.34. The molecule has 1 aliphatic heterocycles. The molecule has 3 unspecified atom stereocenters. The Morgan fingerprint density at radius 2 is 2.24 bits per heavy atom. The molecule has 2 aromatic rings. The maximum absolute atomic E-state index is 6.40. The average Bonchev–Trinajstić information content (AvgIpc) is 2.97. The summed E-state index contributed by atoms with van der Waals surface area (Å²) < 4.78 is 10.0. The lowest BCUT2D eigenvalue weighted by Gasteiger charge is -2.30. The van der Waals surface area contributed by atoms with Gasteiger partial charge in [0.1, 0.15) is 11.3 Å². The van der Waals surface area contributed by atoms with Crippen LogP contribution in [-0.4, -0.2) is 32.0 Å². The summed E-state index contributed by atoms with van der Waals surface area (Å²) in [6.45, 7) is 9.88. The summed E-state index contributed by atoms with van der Waals surface area (Å²) >= 11 is 6.40. The summed E-state index contributed by atoms with van der Waals surface area (Å²) in [6.07, 6.45) is 2.27. The highest BCUT2D eigenvalue weighted by Gasteiger charge is 2.29. The van der Waals surface area contributed by atoms with Crippen LogP contribution in [0.15, 0.2) is 0 Å². The van der Waals surface area contributed by atoms with Crippen molar-refractivity contribution in [2.24, 2.45) is 0 Å². The standard InChI is InChI=1S/C15H23ClN4O/c1-5-19-15-13(11(4)18-19)17-14(10(3)16)20(15)12-6-7-21-9(2)8-12/h9-10,12H,5-8H2,1-4H3. The lowest BCUT2D eigenvalue weighted by atomic mass is 10.0. The molecule has 3 rings (SSSR count). The van der Waals surface area contributed by atoms with Crippen molar-refractivity contribution in [2.75, 3.05) is 6.61 Å². The first-order chi connectivity index (χ1) is 10.0. The predicted octanol–water partition coefficient (Wildman–Crippen LogP) is 3.60. The Kier molecular flexibility index (Phi) is 3.97. The summed E-state index contributed by atoms with van der Waals surface area (Å²) in [7, 11) is 0. The number of nitrogens with zero attached hydrogens (tertiary/aromatic N) is 4. The number of hydrogen-bond donors (Lipinski definition) is 0. The zero-order valence-electron chi connectivity index (χ0n) is 13.1. The van der Waals surface area contributed by atoms with Gasteiger partial charge in [-0.1, -0.05) is 0 Å². The van der Waals surface area contributed by atoms with Gasteiger partial charge in [0.05, 0.1) is 17.2 Å². The third-order valence-corrected chi connectivity index (χ3v) is 4.44. The van der Waals surface area contributed by atoms with Gasteiger partial charge >= 0.3 is 0 Å². The molecule has 6 heteroatoms. The molecule has 0 aromatic carbocycles. The Hall–Kier alpha value is -1.07. The quantitative estimate of drug-likeness (QED) is 0.814. The van der Waals surface area contributed by atoms with Gasteiger partial charge in [0.2, 0.25) is 0 Å². The highest BCUT2D eigenvalue weighted by molar-refractivity contribution is 6.20. The van der Waals surface area contributed by atoms with Crippen molar-refractivity contribution in [1.29, 1.82) is 0 Å². The molecule has 0 spiro atoms. The smallest absolute Gasteiger partial charge is 0.159 e. The number of aryl methyl sites for hydroxylation is 2. The number of rotatable bonds is 3. The van der Waals surface area contributed by atoms with Crippen LogP contribution in [0, 0.1) is 6.92 Å². The molecule has 116 valence electrons. The molecule has 5 nitrogen and oxygen atoms in total. The van der Waals surface area contributed by atoms with E-state index in [1.54, 1.807) is 0 Å². The molecule has 0 aliphatic carbocycles. The van der Waals surface area contributed by atoms with Gasteiger partial charge in [0.25, 0.3) is 0 Å². The van der Waals surface area contributed by atoms with Crippen molar-refractivity contribution >= 4 is 22.8 Å². The Balaban J connectivity index is 2.19. The van der Waals surface area contributed by atoms with Crippen molar-refractivity contribution in [3.05, 3.63) is 11.5 Å². The van der Waals surface area contributed by atoms with E-state index in [0.29, 0.717) is 6.04 Å². The normalized spacial score (nSPS) is 24.6. The monoisotopic (exact) mass is 310 g/mol. The van der Waals surface area contributed by atoms with Crippen molar-refractivity contribution in [3.8, 4) is 0 Å². The van der Waals surface area contributed by atoms with E-state index in [1.165, 1.54) is 0 Å². The summed E-state index contributed by atoms with van der Waals surface area (Å²) in [5.41, 5.74) is 3.07. The predicted molar refractivity (Wildman–Crippen MR) is 83.9 cm³/mol. The molecule has 1 fully saturated rings. The number of hydrogen-bond acceptors (Lipinski definition) is 3. The van der Waals surface area contributed by atoms with E-state index < -0.39 is 0 Å². The van der Waals surface area contributed by atoms with Crippen LogP contribution in [0.5, 0.6) is 0 Å². The molecule has 3 atom stereocenters. The Morgan fingerprint density at radius 3 is 2.86 bits per heavy atom. The molecule has 0 amide bonds. The van der Waals surface area contributed by atoms with Gasteiger partial charge in [-0.25, -0.2) is 9.67 Å². The molecule has 0 radical (unpaired) electrons. The Bertz CT molecular complexity index is 646. The lowest BCUT2D eigenvalue weighted by Crippen LogP contribution is -2.27. The van der Waals surface area contributed by atoms with E-state index in [9.17, 15) is 0 Å². The largest absolute Gasteiger partial charge is 0.378 e. The SMILES string of the molecule is CCn1nc(C)c2nc(C(C)Cl)n(C3CCOC(C)C3)c21. The molecular weight excluding hydrogens is 288 g/mol. The molecule has 0 bridgehead atoms. The number of fused-ring (bicyclic) bond motifs is 1. The van der Waals surface area contributed by atoms with Crippen molar-refractivity contribution < 1.29 is 4.74 Å². The van der Waals surface area contributed by atoms with Crippen LogP contribution in [0.25, 0.3) is 11.2 Å². The summed E-state index contributed by atoms with van der Waals surface area (Å²) in [6, 6.07) is 0.386. The number of aromatic nitrogens is 4. The van der Waals surface area contributed by atoms with Gasteiger partial charge in [-0.2, -0.15) is 5.10 Å². The van der Waals surface area contributed by atoms with Crippen LogP contribution < -0.4 is 0 Å². The number of ether oxygens (including phenoxy) is 1. The minimum Gasteiger partial charge on any atom is -0.378 e. The zero-order valence-corrected chi connectivity index (χ0v) is 13.9. The van der Waals surface area contributed by atoms with E-state index in [1.807, 2.05) is 18.5 Å². The van der Waals surface area contributed by atoms with E-state index in [4.69, 9.17) is 21.3 Å². The maximum Gasteiger partial charge on any atom is 0.159 e. The van der Waals surface area contributed by atoms with E-state index in [-0.39, 0.29) is 11.5 Å². The molecule has 2 aromatic heterocycles. The second kappa shape index (κ2) is 5.61. The minimum absolute atomic E-state index is 0.111. The Morgan fingerprint density at radius 1 is 1.48 bits per heavy atom. The molecule has 0 N–H and O–H groups in total. The third-order valence-electron chi connectivity index (χ3n) is 4.25. The van der Waals surface area contributed by atoms with Crippen LogP contribution in [0.2, 0.25) is 0 Å². The zero-order chi connectivity index (χ0) is 15.1. The topological polar surface area (TPSA) is 44.9 Å². The van der Waals surface area contributed by atoms with Crippen molar-refractivity contribution in [2.45, 2.75) is 64.6 Å². The first-order valence-corrected chi connectivity index (χ1v) is 8.17. The lowest BCUT2D eigenvalue weighted by molar-refractivity contribution is 0.00600. The molecule has 3 heterocycles. The number of alkyl halides is 1. The summed E-state index contributed by atoms with van der Waals surface area (Å²) in [4.78, 5) is 4.79. The van der Waals surface area contributed by atoms with Crippen LogP contribution in [0.4, 0.5) is 0 Å². The van der Waals surface area contributed by atoms with Crippen LogP contribution in [0.1, 0.15) is 56.6 Å². The van der Waals surface area contributed by atoms with E-state index in [0.717, 1.165) is 48.7 Å². The summed E-state index contributed by atoms with van der Waals surface area (Å²) in [5.74, 6) is 0.952. The van der Waals surface area contributed by atoms with Crippen molar-refractivity contribution in [3.63, 3.8) is 0 Å². The molecular formula is C15H23ClN4O. The number of halogens is 1. The van der Waals surface area contributed by atoms with Gasteiger partial charge < -0.3 is 9.30 Å². The molecule has 1 saturated heterocycles. The number of imidazole rings is 1. The van der Waals surface area contributed by atoms with E-state index >= 15 is 0 Å². The molecule has 1 aliphatic rings. The first kappa shape index (κ1) is 14.9. The van der Waals surface area contributed by atoms with E-state index in [2.05, 4.69) is 23.5 Å². The fourth-order valence-electron chi connectivity index (χ4n) is 3.28. The van der Waals surface area contributed by atoms with Crippen LogP contribution in [0.3, 0.4) is 0 Å². The van der Waals surface area contributed by atoms with Crippen molar-refractivity contribution in [1.82, 2.24) is 19.3 Å². The van der Waals surface area contributed by atoms with Crippen LogP contribution >= 0.6 is 11.6 Å². The van der Waals surface area contributed by atoms with Gasteiger partial charge in [-0.05, 0) is 40.5 Å². The average molecular weight is 311 g/mol. The molecule has 0 saturated carbocycles. The van der Waals surface area contributed by atoms with Gasteiger partial charge in [0, 0.05) is 19.2 Å². The van der Waals surface area contributed by atoms with Gasteiger partial charge in [0.15, 0.2) is 5.65 Å². The third kappa shape index (κ3) is 2.46. The fourth-order valence-corrected chi connectivity index (χ4v) is 3.43. The summed E-state index contributed by atoms with van der Waals surface area (Å²) in [5, 5.41) is 4.49. The highest BCUT2D eigenvalue weighted by atomic mass is 35.5. The Labute approximate surface area is 130 Å². The van der Waals surface area contributed by atoms with Gasteiger partial charge in [-0.3, -0.25) is 0 Å². The first-order valence-electron chi connectivity index (χ1n) is 7.73. The minimum atomic E-state index is -0.111. The maximum atomic E-state index is 6.40. The van der Waals surface area contributed by atoms with Gasteiger partial charge in [-0.15, -0.1) is 11.6 Å².